The van der Waals surface area contributed by atoms with Crippen molar-refractivity contribution in [1.29, 1.82) is 0 Å². The first-order valence-electron chi connectivity index (χ1n) is 12.8. The van der Waals surface area contributed by atoms with Crippen LogP contribution in [0, 0.1) is 11.6 Å². The van der Waals surface area contributed by atoms with Gasteiger partial charge in [0.05, 0.1) is 36.5 Å². The number of aromatic nitrogens is 2. The number of halogens is 2. The molecule has 0 aliphatic carbocycles. The number of amides is 1. The molecule has 10 heteroatoms. The highest BCUT2D eigenvalue weighted by Crippen LogP contribution is 2.40. The summed E-state index contributed by atoms with van der Waals surface area (Å²) in [7, 11) is 0. The van der Waals surface area contributed by atoms with E-state index in [2.05, 4.69) is 4.90 Å². The molecule has 1 unspecified atom stereocenters. The van der Waals surface area contributed by atoms with E-state index in [1.807, 2.05) is 33.7 Å². The summed E-state index contributed by atoms with van der Waals surface area (Å²) in [6.45, 7) is 4.83. The lowest BCUT2D eigenvalue weighted by Crippen LogP contribution is -2.38. The van der Waals surface area contributed by atoms with Crippen LogP contribution in [0.1, 0.15) is 34.8 Å². The smallest absolute Gasteiger partial charge is 0.253 e. The van der Waals surface area contributed by atoms with Gasteiger partial charge in [-0.05, 0) is 37.1 Å². The van der Waals surface area contributed by atoms with Crippen LogP contribution in [0.25, 0.3) is 11.0 Å². The van der Waals surface area contributed by atoms with Gasteiger partial charge in [0.15, 0.2) is 0 Å². The van der Waals surface area contributed by atoms with Crippen molar-refractivity contribution < 1.29 is 18.3 Å². The summed E-state index contributed by atoms with van der Waals surface area (Å²) in [4.78, 5) is 29.3. The average molecular weight is 526 g/mol. The monoisotopic (exact) mass is 525 g/mol. The van der Waals surface area contributed by atoms with E-state index < -0.39 is 11.6 Å². The number of benzene rings is 2. The molecular weight excluding hydrogens is 496 g/mol. The number of fused-ring (bicyclic) bond motifs is 1. The molecular formula is C27H29F2N5O2S. The Hall–Kier alpha value is -2.98. The molecule has 7 nitrogen and oxygen atoms in total. The number of thioether (sulfide) groups is 1. The quantitative estimate of drug-likeness (QED) is 0.504. The number of nitrogens with zero attached hydrogens (tertiary/aromatic N) is 5. The van der Waals surface area contributed by atoms with Crippen LogP contribution in [-0.4, -0.2) is 78.2 Å². The van der Waals surface area contributed by atoms with Gasteiger partial charge < -0.3 is 19.4 Å². The number of hydrogen-bond donors (Lipinski definition) is 0. The van der Waals surface area contributed by atoms with Crippen molar-refractivity contribution >= 4 is 40.2 Å². The normalized spacial score (nSPS) is 20.6. The lowest BCUT2D eigenvalue weighted by molar-refractivity contribution is 0.0772. The van der Waals surface area contributed by atoms with Gasteiger partial charge >= 0.3 is 0 Å². The van der Waals surface area contributed by atoms with E-state index in [-0.39, 0.29) is 11.9 Å². The summed E-state index contributed by atoms with van der Waals surface area (Å²) in [6.07, 6.45) is 3.41. The van der Waals surface area contributed by atoms with Crippen molar-refractivity contribution in [2.24, 2.45) is 0 Å². The molecule has 0 radical (unpaired) electrons. The molecule has 4 heterocycles. The number of hydrogen-bond acceptors (Lipinski definition) is 7. The van der Waals surface area contributed by atoms with Crippen molar-refractivity contribution in [1.82, 2.24) is 14.9 Å². The summed E-state index contributed by atoms with van der Waals surface area (Å²) < 4.78 is 33.8. The lowest BCUT2D eigenvalue weighted by atomic mass is 9.98. The first-order valence-corrected chi connectivity index (χ1v) is 14.0. The molecule has 0 saturated carbocycles. The van der Waals surface area contributed by atoms with Crippen molar-refractivity contribution in [3.05, 3.63) is 59.3 Å². The van der Waals surface area contributed by atoms with Gasteiger partial charge in [-0.1, -0.05) is 0 Å². The minimum absolute atomic E-state index is 0.0103. The molecule has 0 N–H and O–H groups in total. The van der Waals surface area contributed by atoms with E-state index in [9.17, 15) is 13.6 Å². The van der Waals surface area contributed by atoms with Crippen LogP contribution in [0.5, 0.6) is 0 Å². The van der Waals surface area contributed by atoms with Crippen LogP contribution in [0.3, 0.4) is 0 Å². The number of ether oxygens (including phenoxy) is 1. The third-order valence-electron chi connectivity index (χ3n) is 7.34. The van der Waals surface area contributed by atoms with Crippen LogP contribution in [0.15, 0.2) is 36.5 Å². The van der Waals surface area contributed by atoms with E-state index >= 15 is 0 Å². The van der Waals surface area contributed by atoms with Crippen LogP contribution < -0.4 is 9.80 Å². The molecule has 194 valence electrons. The average Bonchev–Trinajstić information content (AvgIpc) is 3.42. The second kappa shape index (κ2) is 10.4. The van der Waals surface area contributed by atoms with Crippen LogP contribution in [0.2, 0.25) is 0 Å². The Morgan fingerprint density at radius 1 is 0.973 bits per heavy atom. The van der Waals surface area contributed by atoms with Crippen LogP contribution in [-0.2, 0) is 4.74 Å². The highest BCUT2D eigenvalue weighted by Gasteiger charge is 2.31. The second-order valence-electron chi connectivity index (χ2n) is 9.64. The highest BCUT2D eigenvalue weighted by atomic mass is 32.2. The first kappa shape index (κ1) is 24.4. The molecule has 1 amide bonds. The predicted molar refractivity (Wildman–Crippen MR) is 141 cm³/mol. The van der Waals surface area contributed by atoms with Gasteiger partial charge in [-0.3, -0.25) is 9.78 Å². The molecule has 0 spiro atoms. The van der Waals surface area contributed by atoms with Gasteiger partial charge in [-0.15, -0.1) is 0 Å². The summed E-state index contributed by atoms with van der Waals surface area (Å²) in [5, 5.41) is 0. The zero-order chi connectivity index (χ0) is 25.4. The number of carbonyl (C=O) groups excluding carboxylic acids is 1. The summed E-state index contributed by atoms with van der Waals surface area (Å²) in [6, 6.07) is 7.22. The Kier molecular flexibility index (Phi) is 6.86. The van der Waals surface area contributed by atoms with Crippen molar-refractivity contribution in [2.75, 3.05) is 67.2 Å². The first-order chi connectivity index (χ1) is 18.1. The molecule has 0 bridgehead atoms. The molecule has 2 aromatic carbocycles. The Balaban J connectivity index is 1.46. The number of morpholine rings is 1. The Morgan fingerprint density at radius 3 is 2.49 bits per heavy atom. The lowest BCUT2D eigenvalue weighted by Gasteiger charge is -2.30. The van der Waals surface area contributed by atoms with Crippen LogP contribution >= 0.6 is 11.8 Å². The SMILES string of the molecule is O=C(c1cc(C2CCCN2c2cc(F)cc(F)c2)c2nc(N3CCOCC3)cnc2c1)N1CCSCC1. The largest absolute Gasteiger partial charge is 0.378 e. The minimum atomic E-state index is -0.605. The van der Waals surface area contributed by atoms with Crippen LogP contribution in [0.4, 0.5) is 20.3 Å². The molecule has 3 aromatic rings. The third kappa shape index (κ3) is 4.96. The topological polar surface area (TPSA) is 61.8 Å². The maximum Gasteiger partial charge on any atom is 0.253 e. The molecule has 6 rings (SSSR count). The standard InChI is InChI=1S/C27H29F2N5O2S/c28-19-14-20(29)16-21(15-19)34-3-1-2-24(34)22-12-18(27(35)33-6-10-37-11-7-33)13-23-26(22)31-25(17-30-23)32-4-8-36-9-5-32/h12-17,24H,1-11H2. The summed E-state index contributed by atoms with van der Waals surface area (Å²) >= 11 is 1.85. The molecule has 3 saturated heterocycles. The van der Waals surface area contributed by atoms with Gasteiger partial charge in [0, 0.05) is 67.1 Å². The Bertz CT molecular complexity index is 1290. The van der Waals surface area contributed by atoms with E-state index in [1.54, 1.807) is 6.20 Å². The highest BCUT2D eigenvalue weighted by molar-refractivity contribution is 7.99. The zero-order valence-corrected chi connectivity index (χ0v) is 21.4. The van der Waals surface area contributed by atoms with Gasteiger partial charge in [0.2, 0.25) is 0 Å². The van der Waals surface area contributed by atoms with E-state index in [1.165, 1.54) is 12.1 Å². The second-order valence-corrected chi connectivity index (χ2v) is 10.9. The van der Waals surface area contributed by atoms with Gasteiger partial charge in [0.1, 0.15) is 17.5 Å². The van der Waals surface area contributed by atoms with Crippen molar-refractivity contribution in [3.63, 3.8) is 0 Å². The summed E-state index contributed by atoms with van der Waals surface area (Å²) in [5.41, 5.74) is 3.33. The molecule has 3 aliphatic heterocycles. The predicted octanol–water partition coefficient (Wildman–Crippen LogP) is 4.28. The van der Waals surface area contributed by atoms with Gasteiger partial charge in [-0.2, -0.15) is 11.8 Å². The fourth-order valence-electron chi connectivity index (χ4n) is 5.51. The van der Waals surface area contributed by atoms with E-state index in [0.29, 0.717) is 36.5 Å². The molecule has 3 fully saturated rings. The van der Waals surface area contributed by atoms with Crippen molar-refractivity contribution in [2.45, 2.75) is 18.9 Å². The van der Waals surface area contributed by atoms with E-state index in [4.69, 9.17) is 14.7 Å². The minimum Gasteiger partial charge on any atom is -0.378 e. The van der Waals surface area contributed by atoms with Gasteiger partial charge in [0.25, 0.3) is 5.91 Å². The molecule has 1 aromatic heterocycles. The Labute approximate surface area is 218 Å². The number of carbonyl (C=O) groups is 1. The maximum atomic E-state index is 14.1. The van der Waals surface area contributed by atoms with Gasteiger partial charge in [-0.25, -0.2) is 13.8 Å². The molecule has 3 aliphatic rings. The maximum absolute atomic E-state index is 14.1. The molecule has 37 heavy (non-hydrogen) atoms. The fourth-order valence-corrected chi connectivity index (χ4v) is 6.41. The fraction of sp³-hybridized carbons (Fsp3) is 0.444. The third-order valence-corrected chi connectivity index (χ3v) is 8.28. The van der Waals surface area contributed by atoms with E-state index in [0.717, 1.165) is 73.5 Å². The Morgan fingerprint density at radius 2 is 1.73 bits per heavy atom. The molecule has 1 atom stereocenters. The zero-order valence-electron chi connectivity index (χ0n) is 20.5. The number of anilines is 2. The number of rotatable bonds is 4. The summed E-state index contributed by atoms with van der Waals surface area (Å²) in [5.74, 6) is 1.40. The van der Waals surface area contributed by atoms with Crippen molar-refractivity contribution in [3.8, 4) is 0 Å².